The Hall–Kier alpha value is -2.23. The van der Waals surface area contributed by atoms with Crippen LogP contribution in [0, 0.1) is 5.82 Å². The van der Waals surface area contributed by atoms with Crippen LogP contribution in [0.4, 0.5) is 10.1 Å². The fourth-order valence-corrected chi connectivity index (χ4v) is 2.01. The lowest BCUT2D eigenvalue weighted by molar-refractivity contribution is 0.0980. The normalized spacial score (nSPS) is 10.3. The Morgan fingerprint density at radius 3 is 2.55 bits per heavy atom. The number of nitrogens with zero attached hydrogens (tertiary/aromatic N) is 2. The molecule has 20 heavy (non-hydrogen) atoms. The second kappa shape index (κ2) is 6.80. The average Bonchev–Trinajstić information content (AvgIpc) is 2.49. The van der Waals surface area contributed by atoms with Gasteiger partial charge in [0.25, 0.3) is 0 Å². The molecule has 1 aromatic heterocycles. The average molecular weight is 272 g/mol. The van der Waals surface area contributed by atoms with Crippen molar-refractivity contribution in [3.8, 4) is 0 Å². The second-order valence-corrected chi connectivity index (χ2v) is 4.45. The van der Waals surface area contributed by atoms with Crippen molar-refractivity contribution >= 4 is 11.5 Å². The van der Waals surface area contributed by atoms with Crippen molar-refractivity contribution < 1.29 is 9.18 Å². The summed E-state index contributed by atoms with van der Waals surface area (Å²) in [5, 5.41) is 0. The molecule has 0 saturated heterocycles. The molecule has 0 unspecified atom stereocenters. The first-order chi connectivity index (χ1) is 9.70. The largest absolute Gasteiger partial charge is 0.371 e. The van der Waals surface area contributed by atoms with Gasteiger partial charge in [-0.2, -0.15) is 0 Å². The number of halogens is 1. The third-order valence-electron chi connectivity index (χ3n) is 3.12. The van der Waals surface area contributed by atoms with Crippen molar-refractivity contribution in [3.05, 3.63) is 60.2 Å². The van der Waals surface area contributed by atoms with E-state index in [0.29, 0.717) is 18.7 Å². The molecule has 0 amide bonds. The Kier molecular flexibility index (Phi) is 4.82. The Labute approximate surface area is 118 Å². The highest BCUT2D eigenvalue weighted by Gasteiger charge is 2.10. The lowest BCUT2D eigenvalue weighted by atomic mass is 10.2. The van der Waals surface area contributed by atoms with Gasteiger partial charge in [-0.05, 0) is 31.2 Å². The first-order valence-electron chi connectivity index (χ1n) is 6.65. The number of pyridine rings is 1. The maximum Gasteiger partial charge on any atom is 0.182 e. The van der Waals surface area contributed by atoms with E-state index in [9.17, 15) is 9.18 Å². The topological polar surface area (TPSA) is 33.2 Å². The SMILES string of the molecule is CCN(CCC(=O)c1ccc(F)cn1)c1ccccc1. The summed E-state index contributed by atoms with van der Waals surface area (Å²) in [5.41, 5.74) is 1.41. The number of ketones is 1. The lowest BCUT2D eigenvalue weighted by Crippen LogP contribution is -2.25. The van der Waals surface area contributed by atoms with Gasteiger partial charge >= 0.3 is 0 Å². The fraction of sp³-hybridized carbons (Fsp3) is 0.250. The van der Waals surface area contributed by atoms with Crippen LogP contribution < -0.4 is 4.90 Å². The molecule has 0 radical (unpaired) electrons. The van der Waals surface area contributed by atoms with E-state index in [2.05, 4.69) is 9.88 Å². The molecule has 0 aliphatic heterocycles. The monoisotopic (exact) mass is 272 g/mol. The van der Waals surface area contributed by atoms with Crippen LogP contribution in [0.1, 0.15) is 23.8 Å². The third kappa shape index (κ3) is 3.63. The highest BCUT2D eigenvalue weighted by Crippen LogP contribution is 2.13. The minimum atomic E-state index is -0.430. The van der Waals surface area contributed by atoms with Crippen LogP contribution in [0.3, 0.4) is 0 Å². The fourth-order valence-electron chi connectivity index (χ4n) is 2.01. The molecule has 104 valence electrons. The van der Waals surface area contributed by atoms with E-state index in [1.54, 1.807) is 0 Å². The van der Waals surface area contributed by atoms with Crippen molar-refractivity contribution in [3.63, 3.8) is 0 Å². The van der Waals surface area contributed by atoms with Crippen LogP contribution in [0.2, 0.25) is 0 Å². The van der Waals surface area contributed by atoms with E-state index in [1.165, 1.54) is 12.1 Å². The summed E-state index contributed by atoms with van der Waals surface area (Å²) in [7, 11) is 0. The molecule has 0 fully saturated rings. The number of carbonyl (C=O) groups excluding carboxylic acids is 1. The molecular formula is C16H17FN2O. The van der Waals surface area contributed by atoms with Crippen LogP contribution in [-0.2, 0) is 0 Å². The van der Waals surface area contributed by atoms with Crippen LogP contribution in [-0.4, -0.2) is 23.9 Å². The molecule has 0 saturated carbocycles. The van der Waals surface area contributed by atoms with Gasteiger partial charge in [-0.3, -0.25) is 9.78 Å². The zero-order chi connectivity index (χ0) is 14.4. The summed E-state index contributed by atoms with van der Waals surface area (Å²) < 4.78 is 12.8. The summed E-state index contributed by atoms with van der Waals surface area (Å²) >= 11 is 0. The summed E-state index contributed by atoms with van der Waals surface area (Å²) in [4.78, 5) is 17.9. The Balaban J connectivity index is 1.96. The van der Waals surface area contributed by atoms with E-state index in [-0.39, 0.29) is 5.78 Å². The molecule has 2 aromatic rings. The Bertz CT molecular complexity index is 554. The van der Waals surface area contributed by atoms with E-state index >= 15 is 0 Å². The molecule has 0 spiro atoms. The number of carbonyl (C=O) groups is 1. The standard InChI is InChI=1S/C16H17FN2O/c1-2-19(14-6-4-3-5-7-14)11-10-16(20)15-9-8-13(17)12-18-15/h3-9,12H,2,10-11H2,1H3. The van der Waals surface area contributed by atoms with Crippen molar-refractivity contribution in [1.29, 1.82) is 0 Å². The maximum absolute atomic E-state index is 12.8. The van der Waals surface area contributed by atoms with Gasteiger partial charge < -0.3 is 4.90 Å². The van der Waals surface area contributed by atoms with E-state index in [0.717, 1.165) is 18.4 Å². The Morgan fingerprint density at radius 1 is 1.20 bits per heavy atom. The van der Waals surface area contributed by atoms with Gasteiger partial charge in [-0.15, -0.1) is 0 Å². The van der Waals surface area contributed by atoms with E-state index < -0.39 is 5.82 Å². The predicted molar refractivity (Wildman–Crippen MR) is 77.5 cm³/mol. The summed E-state index contributed by atoms with van der Waals surface area (Å²) in [6, 6.07) is 12.6. The number of benzene rings is 1. The van der Waals surface area contributed by atoms with Crippen LogP contribution >= 0.6 is 0 Å². The zero-order valence-corrected chi connectivity index (χ0v) is 11.4. The minimum absolute atomic E-state index is 0.0700. The molecule has 1 aromatic carbocycles. The number of aromatic nitrogens is 1. The molecule has 0 aliphatic carbocycles. The van der Waals surface area contributed by atoms with Crippen LogP contribution in [0.15, 0.2) is 48.7 Å². The first-order valence-corrected chi connectivity index (χ1v) is 6.65. The molecule has 4 heteroatoms. The molecule has 0 aliphatic rings. The van der Waals surface area contributed by atoms with Gasteiger partial charge in [0.05, 0.1) is 6.20 Å². The quantitative estimate of drug-likeness (QED) is 0.756. The molecule has 2 rings (SSSR count). The number of anilines is 1. The highest BCUT2D eigenvalue weighted by atomic mass is 19.1. The second-order valence-electron chi connectivity index (χ2n) is 4.45. The smallest absolute Gasteiger partial charge is 0.182 e. The maximum atomic E-state index is 12.8. The van der Waals surface area contributed by atoms with Gasteiger partial charge in [0.15, 0.2) is 5.78 Å². The van der Waals surface area contributed by atoms with Crippen molar-refractivity contribution in [2.45, 2.75) is 13.3 Å². The minimum Gasteiger partial charge on any atom is -0.371 e. The van der Waals surface area contributed by atoms with Gasteiger partial charge in [-0.1, -0.05) is 18.2 Å². The van der Waals surface area contributed by atoms with Crippen molar-refractivity contribution in [2.24, 2.45) is 0 Å². The number of hydrogen-bond donors (Lipinski definition) is 0. The number of para-hydroxylation sites is 1. The highest BCUT2D eigenvalue weighted by molar-refractivity contribution is 5.94. The number of hydrogen-bond acceptors (Lipinski definition) is 3. The zero-order valence-electron chi connectivity index (χ0n) is 11.4. The van der Waals surface area contributed by atoms with E-state index in [1.807, 2.05) is 37.3 Å². The molecule has 3 nitrogen and oxygen atoms in total. The molecular weight excluding hydrogens is 255 g/mol. The summed E-state index contributed by atoms with van der Waals surface area (Å²) in [5.74, 6) is -0.500. The number of rotatable bonds is 6. The van der Waals surface area contributed by atoms with Gasteiger partial charge in [0.2, 0.25) is 0 Å². The molecule has 1 heterocycles. The molecule has 0 bridgehead atoms. The van der Waals surface area contributed by atoms with E-state index in [4.69, 9.17) is 0 Å². The first kappa shape index (κ1) is 14.2. The predicted octanol–water partition coefficient (Wildman–Crippen LogP) is 3.32. The van der Waals surface area contributed by atoms with Gasteiger partial charge in [-0.25, -0.2) is 4.39 Å². The van der Waals surface area contributed by atoms with Crippen molar-refractivity contribution in [1.82, 2.24) is 4.98 Å². The third-order valence-corrected chi connectivity index (χ3v) is 3.12. The summed E-state index contributed by atoms with van der Waals surface area (Å²) in [6.45, 7) is 3.50. The van der Waals surface area contributed by atoms with Crippen molar-refractivity contribution in [2.75, 3.05) is 18.0 Å². The number of Topliss-reactive ketones (excluding diaryl/α,β-unsaturated/α-hetero) is 1. The van der Waals surface area contributed by atoms with Crippen LogP contribution in [0.5, 0.6) is 0 Å². The molecule has 0 atom stereocenters. The van der Waals surface area contributed by atoms with Gasteiger partial charge in [0, 0.05) is 25.2 Å². The summed E-state index contributed by atoms with van der Waals surface area (Å²) in [6.07, 6.45) is 1.43. The Morgan fingerprint density at radius 2 is 1.95 bits per heavy atom. The van der Waals surface area contributed by atoms with Gasteiger partial charge in [0.1, 0.15) is 11.5 Å². The lowest BCUT2D eigenvalue weighted by Gasteiger charge is -2.22. The van der Waals surface area contributed by atoms with Crippen LogP contribution in [0.25, 0.3) is 0 Å². The molecule has 0 N–H and O–H groups in total.